The summed E-state index contributed by atoms with van der Waals surface area (Å²) in [6, 6.07) is 5.58. The van der Waals surface area contributed by atoms with Crippen LogP contribution < -0.4 is 5.73 Å². The summed E-state index contributed by atoms with van der Waals surface area (Å²) in [5.41, 5.74) is 8.34. The minimum absolute atomic E-state index is 0. The van der Waals surface area contributed by atoms with Crippen molar-refractivity contribution >= 4 is 24.1 Å². The third-order valence-corrected chi connectivity index (χ3v) is 2.78. The van der Waals surface area contributed by atoms with Crippen LogP contribution in [0.2, 0.25) is 0 Å². The number of carbonyl (C=O) groups is 1. The molecule has 0 saturated heterocycles. The average molecular weight is 228 g/mol. The molecule has 0 saturated carbocycles. The molecule has 82 valence electrons. The fourth-order valence-electron chi connectivity index (χ4n) is 2.07. The molecule has 1 atom stereocenters. The fraction of sp³-hybridized carbons (Fsp3) is 0.364. The maximum atomic E-state index is 11.0. The van der Waals surface area contributed by atoms with Crippen LogP contribution in [-0.4, -0.2) is 11.1 Å². The Morgan fingerprint density at radius 1 is 1.47 bits per heavy atom. The van der Waals surface area contributed by atoms with Crippen molar-refractivity contribution in [3.63, 3.8) is 0 Å². The number of carboxylic acid groups (broad SMARTS) is 1. The van der Waals surface area contributed by atoms with E-state index in [1.165, 1.54) is 0 Å². The molecule has 0 aromatic heterocycles. The second-order valence-electron chi connectivity index (χ2n) is 3.74. The monoisotopic (exact) mass is 227 g/mol. The lowest BCUT2D eigenvalue weighted by Gasteiger charge is -2.22. The van der Waals surface area contributed by atoms with Gasteiger partial charge in [-0.2, -0.15) is 0 Å². The lowest BCUT2D eigenvalue weighted by molar-refractivity contribution is -0.139. The van der Waals surface area contributed by atoms with E-state index in [1.54, 1.807) is 6.07 Å². The highest BCUT2D eigenvalue weighted by molar-refractivity contribution is 5.85. The third kappa shape index (κ3) is 2.23. The summed E-state index contributed by atoms with van der Waals surface area (Å²) < 4.78 is 0. The summed E-state index contributed by atoms with van der Waals surface area (Å²) in [5, 5.41) is 9.04. The Hall–Kier alpha value is -1.22. The maximum absolute atomic E-state index is 11.0. The second kappa shape index (κ2) is 4.53. The molecule has 15 heavy (non-hydrogen) atoms. The normalized spacial score (nSPS) is 18.8. The number of carboxylic acids is 1. The zero-order chi connectivity index (χ0) is 10.1. The van der Waals surface area contributed by atoms with Crippen LogP contribution in [-0.2, 0) is 11.2 Å². The van der Waals surface area contributed by atoms with Gasteiger partial charge < -0.3 is 10.8 Å². The van der Waals surface area contributed by atoms with Gasteiger partial charge >= 0.3 is 5.97 Å². The number of anilines is 1. The first-order valence-corrected chi connectivity index (χ1v) is 4.79. The summed E-state index contributed by atoms with van der Waals surface area (Å²) in [4.78, 5) is 11.0. The summed E-state index contributed by atoms with van der Waals surface area (Å²) in [7, 11) is 0. The van der Waals surface area contributed by atoms with E-state index in [-0.39, 0.29) is 18.3 Å². The van der Waals surface area contributed by atoms with Crippen molar-refractivity contribution < 1.29 is 9.90 Å². The minimum atomic E-state index is -0.739. The number of rotatable bonds is 1. The van der Waals surface area contributed by atoms with Gasteiger partial charge in [-0.05, 0) is 42.5 Å². The topological polar surface area (TPSA) is 63.3 Å². The van der Waals surface area contributed by atoms with Gasteiger partial charge in [0.1, 0.15) is 0 Å². The van der Waals surface area contributed by atoms with E-state index < -0.39 is 5.97 Å². The van der Waals surface area contributed by atoms with Crippen molar-refractivity contribution in [1.29, 1.82) is 0 Å². The number of nitrogen functional groups attached to an aromatic ring is 1. The van der Waals surface area contributed by atoms with Gasteiger partial charge in [-0.25, -0.2) is 0 Å². The van der Waals surface area contributed by atoms with Crippen molar-refractivity contribution in [3.05, 3.63) is 29.3 Å². The molecule has 2 rings (SSSR count). The first kappa shape index (κ1) is 11.9. The van der Waals surface area contributed by atoms with Gasteiger partial charge in [0.05, 0.1) is 5.92 Å². The molecule has 0 spiro atoms. The summed E-state index contributed by atoms with van der Waals surface area (Å²) in [6.07, 6.45) is 2.65. The molecule has 0 radical (unpaired) electrons. The number of aryl methyl sites for hydroxylation is 1. The molecular weight excluding hydrogens is 214 g/mol. The van der Waals surface area contributed by atoms with Gasteiger partial charge in [-0.15, -0.1) is 12.4 Å². The Morgan fingerprint density at radius 3 is 2.87 bits per heavy atom. The highest BCUT2D eigenvalue weighted by Gasteiger charge is 2.25. The molecule has 1 aromatic rings. The van der Waals surface area contributed by atoms with E-state index in [1.807, 2.05) is 12.1 Å². The van der Waals surface area contributed by atoms with Crippen LogP contribution in [0.5, 0.6) is 0 Å². The molecule has 1 unspecified atom stereocenters. The molecule has 0 aliphatic heterocycles. The predicted octanol–water partition coefficient (Wildman–Crippen LogP) is 2.20. The van der Waals surface area contributed by atoms with Gasteiger partial charge in [0, 0.05) is 5.69 Å². The average Bonchev–Trinajstić information content (AvgIpc) is 2.16. The Bertz CT molecular complexity index is 379. The molecule has 1 aliphatic rings. The van der Waals surface area contributed by atoms with E-state index in [2.05, 4.69) is 0 Å². The Morgan fingerprint density at radius 2 is 2.20 bits per heavy atom. The number of halogens is 1. The first-order chi connectivity index (χ1) is 6.68. The summed E-state index contributed by atoms with van der Waals surface area (Å²) in [6.45, 7) is 0. The quantitative estimate of drug-likeness (QED) is 0.723. The first-order valence-electron chi connectivity index (χ1n) is 4.79. The predicted molar refractivity (Wildman–Crippen MR) is 61.4 cm³/mol. The van der Waals surface area contributed by atoms with E-state index in [9.17, 15) is 4.79 Å². The Labute approximate surface area is 94.7 Å². The molecule has 0 heterocycles. The van der Waals surface area contributed by atoms with E-state index >= 15 is 0 Å². The molecule has 3 nitrogen and oxygen atoms in total. The van der Waals surface area contributed by atoms with Crippen LogP contribution >= 0.6 is 12.4 Å². The number of hydrogen-bond donors (Lipinski definition) is 2. The molecule has 3 N–H and O–H groups in total. The van der Waals surface area contributed by atoms with Crippen molar-refractivity contribution in [2.24, 2.45) is 0 Å². The lowest BCUT2D eigenvalue weighted by Crippen LogP contribution is -2.18. The highest BCUT2D eigenvalue weighted by atomic mass is 35.5. The summed E-state index contributed by atoms with van der Waals surface area (Å²) >= 11 is 0. The number of hydrogen-bond acceptors (Lipinski definition) is 2. The van der Waals surface area contributed by atoms with Crippen molar-refractivity contribution in [3.8, 4) is 0 Å². The second-order valence-corrected chi connectivity index (χ2v) is 3.74. The van der Waals surface area contributed by atoms with Crippen molar-refractivity contribution in [2.45, 2.75) is 25.2 Å². The van der Waals surface area contributed by atoms with Crippen LogP contribution in [0.15, 0.2) is 18.2 Å². The number of fused-ring (bicyclic) bond motifs is 1. The lowest BCUT2D eigenvalue weighted by atomic mass is 9.83. The number of nitrogens with two attached hydrogens (primary N) is 1. The van der Waals surface area contributed by atoms with Crippen LogP contribution in [0.1, 0.15) is 29.9 Å². The van der Waals surface area contributed by atoms with E-state index in [4.69, 9.17) is 10.8 Å². The molecule has 1 aliphatic carbocycles. The minimum Gasteiger partial charge on any atom is -0.481 e. The standard InChI is InChI=1S/C11H13NO2.ClH/c12-8-5-4-7-2-1-3-9(11(13)14)10(7)6-8;/h4-6,9H,1-3,12H2,(H,13,14);1H. The van der Waals surface area contributed by atoms with Crippen LogP contribution in [0.4, 0.5) is 5.69 Å². The zero-order valence-electron chi connectivity index (χ0n) is 8.27. The van der Waals surface area contributed by atoms with Gasteiger partial charge in [-0.3, -0.25) is 4.79 Å². The number of aliphatic carboxylic acids is 1. The van der Waals surface area contributed by atoms with Gasteiger partial charge in [0.2, 0.25) is 0 Å². The molecule has 0 amide bonds. The Balaban J connectivity index is 0.00000112. The zero-order valence-corrected chi connectivity index (χ0v) is 9.09. The van der Waals surface area contributed by atoms with Crippen molar-refractivity contribution in [1.82, 2.24) is 0 Å². The van der Waals surface area contributed by atoms with E-state index in [0.29, 0.717) is 5.69 Å². The largest absolute Gasteiger partial charge is 0.481 e. The number of benzene rings is 1. The van der Waals surface area contributed by atoms with Gasteiger partial charge in [0.15, 0.2) is 0 Å². The summed E-state index contributed by atoms with van der Waals surface area (Å²) in [5.74, 6) is -1.10. The van der Waals surface area contributed by atoms with Gasteiger partial charge in [0.25, 0.3) is 0 Å². The maximum Gasteiger partial charge on any atom is 0.310 e. The molecule has 0 bridgehead atoms. The molecular formula is C11H14ClNO2. The fourth-order valence-corrected chi connectivity index (χ4v) is 2.07. The van der Waals surface area contributed by atoms with E-state index in [0.717, 1.165) is 30.4 Å². The third-order valence-electron chi connectivity index (χ3n) is 2.78. The molecule has 1 aromatic carbocycles. The van der Waals surface area contributed by atoms with Gasteiger partial charge in [-0.1, -0.05) is 6.07 Å². The SMILES string of the molecule is Cl.Nc1ccc2c(c1)C(C(=O)O)CCC2. The van der Waals surface area contributed by atoms with Crippen molar-refractivity contribution in [2.75, 3.05) is 5.73 Å². The highest BCUT2D eigenvalue weighted by Crippen LogP contribution is 2.32. The van der Waals surface area contributed by atoms with Crippen LogP contribution in [0, 0.1) is 0 Å². The Kier molecular flexibility index (Phi) is 3.58. The van der Waals surface area contributed by atoms with Crippen LogP contribution in [0.3, 0.4) is 0 Å². The smallest absolute Gasteiger partial charge is 0.310 e. The molecule has 4 heteroatoms. The van der Waals surface area contributed by atoms with Crippen LogP contribution in [0.25, 0.3) is 0 Å². The molecule has 0 fully saturated rings.